The molecule has 0 heterocycles. The first-order valence-corrected chi connectivity index (χ1v) is 6.76. The number of ether oxygens (including phenoxy) is 3. The van der Waals surface area contributed by atoms with Gasteiger partial charge in [-0.2, -0.15) is 0 Å². The maximum Gasteiger partial charge on any atom is 0.343 e. The molecule has 0 saturated heterocycles. The van der Waals surface area contributed by atoms with E-state index in [1.165, 1.54) is 19.2 Å². The number of aldehydes is 1. The van der Waals surface area contributed by atoms with E-state index in [1.54, 1.807) is 30.3 Å². The zero-order valence-corrected chi connectivity index (χ0v) is 12.4. The third-order valence-corrected chi connectivity index (χ3v) is 2.93. The predicted molar refractivity (Wildman–Crippen MR) is 81.0 cm³/mol. The molecule has 2 aromatic rings. The maximum atomic E-state index is 12.1. The van der Waals surface area contributed by atoms with Gasteiger partial charge in [0, 0.05) is 5.56 Å². The summed E-state index contributed by atoms with van der Waals surface area (Å²) in [5.41, 5.74) is 0.836. The van der Waals surface area contributed by atoms with Crippen molar-refractivity contribution in [2.75, 3.05) is 13.7 Å². The molecule has 0 radical (unpaired) electrons. The van der Waals surface area contributed by atoms with Crippen LogP contribution in [0.2, 0.25) is 0 Å². The second-order valence-electron chi connectivity index (χ2n) is 4.38. The standard InChI is InChI=1S/C17H16O5/c1-3-21-14-7-5-13(6-8-14)17(19)22-15-9-4-12(11-18)10-16(15)20-2/h4-11H,3H2,1-2H3. The fourth-order valence-corrected chi connectivity index (χ4v) is 1.85. The van der Waals surface area contributed by atoms with Crippen LogP contribution >= 0.6 is 0 Å². The number of carbonyl (C=O) groups excluding carboxylic acids is 2. The van der Waals surface area contributed by atoms with E-state index in [4.69, 9.17) is 14.2 Å². The molecule has 114 valence electrons. The Kier molecular flexibility index (Phi) is 5.14. The normalized spacial score (nSPS) is 9.91. The first kappa shape index (κ1) is 15.6. The van der Waals surface area contributed by atoms with Crippen molar-refractivity contribution in [2.24, 2.45) is 0 Å². The van der Waals surface area contributed by atoms with Crippen molar-refractivity contribution < 1.29 is 23.8 Å². The van der Waals surface area contributed by atoms with Gasteiger partial charge < -0.3 is 14.2 Å². The van der Waals surface area contributed by atoms with Gasteiger partial charge in [0.1, 0.15) is 12.0 Å². The lowest BCUT2D eigenvalue weighted by Crippen LogP contribution is -2.09. The van der Waals surface area contributed by atoms with Crippen molar-refractivity contribution in [1.29, 1.82) is 0 Å². The van der Waals surface area contributed by atoms with Crippen LogP contribution in [0.25, 0.3) is 0 Å². The second kappa shape index (κ2) is 7.26. The van der Waals surface area contributed by atoms with E-state index >= 15 is 0 Å². The van der Waals surface area contributed by atoms with Gasteiger partial charge in [-0.15, -0.1) is 0 Å². The van der Waals surface area contributed by atoms with Crippen molar-refractivity contribution in [3.8, 4) is 17.2 Å². The summed E-state index contributed by atoms with van der Waals surface area (Å²) in [5.74, 6) is 0.753. The molecular formula is C17H16O5. The van der Waals surface area contributed by atoms with E-state index in [-0.39, 0.29) is 5.75 Å². The van der Waals surface area contributed by atoms with Gasteiger partial charge in [0.2, 0.25) is 0 Å². The van der Waals surface area contributed by atoms with Crippen LogP contribution in [-0.4, -0.2) is 26.0 Å². The van der Waals surface area contributed by atoms with E-state index in [0.29, 0.717) is 35.5 Å². The van der Waals surface area contributed by atoms with Gasteiger partial charge in [-0.1, -0.05) is 0 Å². The van der Waals surface area contributed by atoms with Crippen molar-refractivity contribution in [1.82, 2.24) is 0 Å². The smallest absolute Gasteiger partial charge is 0.343 e. The lowest BCUT2D eigenvalue weighted by Gasteiger charge is -2.10. The molecule has 0 N–H and O–H groups in total. The van der Waals surface area contributed by atoms with E-state index in [2.05, 4.69) is 0 Å². The molecule has 0 fully saturated rings. The van der Waals surface area contributed by atoms with Crippen LogP contribution in [-0.2, 0) is 0 Å². The van der Waals surface area contributed by atoms with Crippen LogP contribution in [0.15, 0.2) is 42.5 Å². The van der Waals surface area contributed by atoms with Crippen molar-refractivity contribution in [2.45, 2.75) is 6.92 Å². The van der Waals surface area contributed by atoms with E-state index in [1.807, 2.05) is 6.92 Å². The SMILES string of the molecule is CCOc1ccc(C(=O)Oc2ccc(C=O)cc2OC)cc1. The third kappa shape index (κ3) is 3.63. The summed E-state index contributed by atoms with van der Waals surface area (Å²) >= 11 is 0. The van der Waals surface area contributed by atoms with Crippen molar-refractivity contribution >= 4 is 12.3 Å². The third-order valence-electron chi connectivity index (χ3n) is 2.93. The molecule has 0 unspecified atom stereocenters. The molecule has 0 aliphatic carbocycles. The quantitative estimate of drug-likeness (QED) is 0.466. The molecular weight excluding hydrogens is 284 g/mol. The fraction of sp³-hybridized carbons (Fsp3) is 0.176. The average molecular weight is 300 g/mol. The average Bonchev–Trinajstić information content (AvgIpc) is 2.56. The number of carbonyl (C=O) groups is 2. The topological polar surface area (TPSA) is 61.8 Å². The molecule has 0 saturated carbocycles. The molecule has 22 heavy (non-hydrogen) atoms. The van der Waals surface area contributed by atoms with Crippen LogP contribution in [0.4, 0.5) is 0 Å². The zero-order valence-electron chi connectivity index (χ0n) is 12.4. The highest BCUT2D eigenvalue weighted by Gasteiger charge is 2.13. The molecule has 0 aromatic heterocycles. The fourth-order valence-electron chi connectivity index (χ4n) is 1.85. The lowest BCUT2D eigenvalue weighted by molar-refractivity contribution is 0.0729. The number of rotatable bonds is 6. The number of hydrogen-bond donors (Lipinski definition) is 0. The summed E-state index contributed by atoms with van der Waals surface area (Å²) in [7, 11) is 1.44. The molecule has 0 aliphatic rings. The molecule has 0 amide bonds. The Morgan fingerprint density at radius 3 is 2.41 bits per heavy atom. The molecule has 2 rings (SSSR count). The summed E-state index contributed by atoms with van der Waals surface area (Å²) < 4.78 is 15.7. The zero-order chi connectivity index (χ0) is 15.9. The summed E-state index contributed by atoms with van der Waals surface area (Å²) in [5, 5.41) is 0. The van der Waals surface area contributed by atoms with E-state index in [0.717, 1.165) is 0 Å². The van der Waals surface area contributed by atoms with Gasteiger partial charge in [0.05, 0.1) is 19.3 Å². The van der Waals surface area contributed by atoms with Crippen LogP contribution < -0.4 is 14.2 Å². The summed E-state index contributed by atoms with van der Waals surface area (Å²) in [6.07, 6.45) is 0.695. The predicted octanol–water partition coefficient (Wildman–Crippen LogP) is 3.13. The Balaban J connectivity index is 2.16. The van der Waals surface area contributed by atoms with E-state index in [9.17, 15) is 9.59 Å². The number of benzene rings is 2. The highest BCUT2D eigenvalue weighted by molar-refractivity contribution is 5.91. The Labute approximate surface area is 128 Å². The highest BCUT2D eigenvalue weighted by Crippen LogP contribution is 2.28. The molecule has 0 aliphatic heterocycles. The molecule has 0 bridgehead atoms. The van der Waals surface area contributed by atoms with Crippen LogP contribution in [0, 0.1) is 0 Å². The minimum Gasteiger partial charge on any atom is -0.494 e. The Morgan fingerprint density at radius 2 is 1.82 bits per heavy atom. The number of hydrogen-bond acceptors (Lipinski definition) is 5. The summed E-state index contributed by atoms with van der Waals surface area (Å²) in [6.45, 7) is 2.45. The monoisotopic (exact) mass is 300 g/mol. The van der Waals surface area contributed by atoms with Gasteiger partial charge in [-0.3, -0.25) is 4.79 Å². The molecule has 0 spiro atoms. The molecule has 0 atom stereocenters. The Hall–Kier alpha value is -2.82. The number of methoxy groups -OCH3 is 1. The van der Waals surface area contributed by atoms with Gasteiger partial charge in [0.15, 0.2) is 11.5 Å². The summed E-state index contributed by atoms with van der Waals surface area (Å²) in [4.78, 5) is 22.9. The first-order chi connectivity index (χ1) is 10.7. The summed E-state index contributed by atoms with van der Waals surface area (Å²) in [6, 6.07) is 11.2. The Bertz CT molecular complexity index is 661. The highest BCUT2D eigenvalue weighted by atomic mass is 16.6. The van der Waals surface area contributed by atoms with Crippen molar-refractivity contribution in [3.63, 3.8) is 0 Å². The lowest BCUT2D eigenvalue weighted by atomic mass is 10.2. The van der Waals surface area contributed by atoms with Crippen LogP contribution in [0.5, 0.6) is 17.2 Å². The minimum atomic E-state index is -0.514. The first-order valence-electron chi connectivity index (χ1n) is 6.76. The van der Waals surface area contributed by atoms with Gasteiger partial charge >= 0.3 is 5.97 Å². The van der Waals surface area contributed by atoms with Gasteiger partial charge in [0.25, 0.3) is 0 Å². The molecule has 2 aromatic carbocycles. The molecule has 5 heteroatoms. The largest absolute Gasteiger partial charge is 0.494 e. The van der Waals surface area contributed by atoms with Gasteiger partial charge in [-0.25, -0.2) is 4.79 Å². The van der Waals surface area contributed by atoms with Crippen molar-refractivity contribution in [3.05, 3.63) is 53.6 Å². The maximum absolute atomic E-state index is 12.1. The minimum absolute atomic E-state index is 0.256. The molecule has 5 nitrogen and oxygen atoms in total. The Morgan fingerprint density at radius 1 is 1.09 bits per heavy atom. The van der Waals surface area contributed by atoms with Gasteiger partial charge in [-0.05, 0) is 49.4 Å². The van der Waals surface area contributed by atoms with Crippen LogP contribution in [0.1, 0.15) is 27.6 Å². The number of esters is 1. The van der Waals surface area contributed by atoms with Crippen LogP contribution in [0.3, 0.4) is 0 Å². The second-order valence-corrected chi connectivity index (χ2v) is 4.38. The van der Waals surface area contributed by atoms with E-state index < -0.39 is 5.97 Å².